The molecule has 1 amide bonds. The van der Waals surface area contributed by atoms with Gasteiger partial charge in [0.1, 0.15) is 4.88 Å². The SMILES string of the molecule is C=CCn1c(SCC(=O)Nc2nc(C)c(C(=O)OCC)s2)nnc1-c1csc(C)c1. The number of rotatable bonds is 9. The second-order valence-electron chi connectivity index (χ2n) is 6.14. The highest BCUT2D eigenvalue weighted by molar-refractivity contribution is 7.99. The Labute approximate surface area is 186 Å². The first-order chi connectivity index (χ1) is 14.4. The Kier molecular flexibility index (Phi) is 7.40. The van der Waals surface area contributed by atoms with Gasteiger partial charge in [-0.3, -0.25) is 9.36 Å². The summed E-state index contributed by atoms with van der Waals surface area (Å²) in [6.07, 6.45) is 1.77. The van der Waals surface area contributed by atoms with Crippen LogP contribution in [0, 0.1) is 13.8 Å². The molecular weight excluding hydrogens is 442 g/mol. The molecule has 8 nitrogen and oxygen atoms in total. The summed E-state index contributed by atoms with van der Waals surface area (Å²) in [5, 5.41) is 14.3. The molecule has 3 aromatic heterocycles. The maximum atomic E-state index is 12.4. The highest BCUT2D eigenvalue weighted by Crippen LogP contribution is 2.28. The maximum absolute atomic E-state index is 12.4. The molecule has 0 aliphatic rings. The Morgan fingerprint density at radius 2 is 2.17 bits per heavy atom. The van der Waals surface area contributed by atoms with Gasteiger partial charge in [-0.15, -0.1) is 28.1 Å². The van der Waals surface area contributed by atoms with Crippen molar-refractivity contribution in [2.24, 2.45) is 0 Å². The van der Waals surface area contributed by atoms with Crippen LogP contribution in [0.1, 0.15) is 27.2 Å². The van der Waals surface area contributed by atoms with Crippen molar-refractivity contribution in [3.05, 3.63) is 39.5 Å². The molecule has 158 valence electrons. The van der Waals surface area contributed by atoms with Crippen LogP contribution in [0.3, 0.4) is 0 Å². The van der Waals surface area contributed by atoms with E-state index in [-0.39, 0.29) is 18.3 Å². The number of thioether (sulfide) groups is 1. The van der Waals surface area contributed by atoms with Crippen LogP contribution in [0.4, 0.5) is 5.13 Å². The van der Waals surface area contributed by atoms with Gasteiger partial charge in [-0.25, -0.2) is 9.78 Å². The summed E-state index contributed by atoms with van der Waals surface area (Å²) < 4.78 is 6.93. The molecule has 30 heavy (non-hydrogen) atoms. The third-order valence-electron chi connectivity index (χ3n) is 3.85. The number of carbonyl (C=O) groups excluding carboxylic acids is 2. The van der Waals surface area contributed by atoms with Gasteiger partial charge in [0.05, 0.1) is 18.1 Å². The van der Waals surface area contributed by atoms with Crippen LogP contribution in [0.25, 0.3) is 11.4 Å². The zero-order valence-electron chi connectivity index (χ0n) is 16.8. The van der Waals surface area contributed by atoms with E-state index >= 15 is 0 Å². The summed E-state index contributed by atoms with van der Waals surface area (Å²) >= 11 is 4.03. The normalized spacial score (nSPS) is 10.8. The first-order valence-corrected chi connectivity index (χ1v) is 11.8. The summed E-state index contributed by atoms with van der Waals surface area (Å²) in [5.74, 6) is 0.198. The van der Waals surface area contributed by atoms with Gasteiger partial charge in [-0.1, -0.05) is 29.2 Å². The Morgan fingerprint density at radius 3 is 2.83 bits per heavy atom. The Balaban J connectivity index is 1.66. The van der Waals surface area contributed by atoms with Crippen LogP contribution in [-0.4, -0.2) is 44.0 Å². The highest BCUT2D eigenvalue weighted by Gasteiger charge is 2.19. The lowest BCUT2D eigenvalue weighted by Gasteiger charge is -2.06. The molecule has 0 fully saturated rings. The van der Waals surface area contributed by atoms with Gasteiger partial charge in [0.25, 0.3) is 0 Å². The van der Waals surface area contributed by atoms with E-state index in [0.717, 1.165) is 22.7 Å². The van der Waals surface area contributed by atoms with Crippen molar-refractivity contribution < 1.29 is 14.3 Å². The molecular formula is C19H21N5O3S3. The zero-order valence-corrected chi connectivity index (χ0v) is 19.2. The monoisotopic (exact) mass is 463 g/mol. The van der Waals surface area contributed by atoms with E-state index in [4.69, 9.17) is 4.74 Å². The van der Waals surface area contributed by atoms with Crippen LogP contribution in [0.2, 0.25) is 0 Å². The van der Waals surface area contributed by atoms with Crippen LogP contribution in [-0.2, 0) is 16.1 Å². The number of nitrogens with zero attached hydrogens (tertiary/aromatic N) is 4. The van der Waals surface area contributed by atoms with Gasteiger partial charge in [-0.2, -0.15) is 0 Å². The molecule has 0 unspecified atom stereocenters. The fourth-order valence-corrected chi connectivity index (χ4v) is 4.89. The van der Waals surface area contributed by atoms with Crippen molar-refractivity contribution in [1.29, 1.82) is 0 Å². The van der Waals surface area contributed by atoms with Gasteiger partial charge in [0.2, 0.25) is 5.91 Å². The minimum atomic E-state index is -0.434. The lowest BCUT2D eigenvalue weighted by molar-refractivity contribution is -0.113. The lowest BCUT2D eigenvalue weighted by atomic mass is 10.3. The zero-order chi connectivity index (χ0) is 21.7. The smallest absolute Gasteiger partial charge is 0.350 e. The van der Waals surface area contributed by atoms with Crippen molar-refractivity contribution >= 4 is 51.4 Å². The van der Waals surface area contributed by atoms with E-state index < -0.39 is 5.97 Å². The van der Waals surface area contributed by atoms with E-state index in [1.165, 1.54) is 16.6 Å². The largest absolute Gasteiger partial charge is 0.462 e. The summed E-state index contributed by atoms with van der Waals surface area (Å²) in [5.41, 5.74) is 1.52. The van der Waals surface area contributed by atoms with Gasteiger partial charge in [0, 0.05) is 22.4 Å². The number of anilines is 1. The lowest BCUT2D eigenvalue weighted by Crippen LogP contribution is -2.14. The number of aryl methyl sites for hydroxylation is 2. The number of amides is 1. The number of hydrogen-bond acceptors (Lipinski definition) is 9. The third-order valence-corrected chi connectivity index (χ3v) is 6.73. The third kappa shape index (κ3) is 5.15. The molecule has 0 aromatic carbocycles. The molecule has 0 bridgehead atoms. The fourth-order valence-electron chi connectivity index (χ4n) is 2.58. The predicted octanol–water partition coefficient (Wildman–Crippen LogP) is 4.17. The van der Waals surface area contributed by atoms with Gasteiger partial charge in [-0.05, 0) is 26.8 Å². The number of thiazole rings is 1. The van der Waals surface area contributed by atoms with Crippen molar-refractivity contribution in [1.82, 2.24) is 19.7 Å². The number of carbonyl (C=O) groups is 2. The minimum absolute atomic E-state index is 0.130. The molecule has 3 aromatic rings. The summed E-state index contributed by atoms with van der Waals surface area (Å²) in [6, 6.07) is 2.06. The molecule has 1 N–H and O–H groups in total. The first kappa shape index (κ1) is 22.2. The standard InChI is InChI=1S/C19H21N5O3S3/c1-5-7-24-16(13-8-11(3)28-9-13)22-23-19(24)29-10-14(25)21-18-20-12(4)15(30-18)17(26)27-6-2/h5,8-9H,1,6-7,10H2,2-4H3,(H,20,21,25). The number of allylic oxidation sites excluding steroid dienone is 1. The molecule has 3 heterocycles. The van der Waals surface area contributed by atoms with Crippen molar-refractivity contribution in [3.8, 4) is 11.4 Å². The first-order valence-electron chi connectivity index (χ1n) is 9.09. The average Bonchev–Trinajstić information content (AvgIpc) is 3.39. The molecule has 0 spiro atoms. The van der Waals surface area contributed by atoms with Crippen molar-refractivity contribution in [3.63, 3.8) is 0 Å². The number of aromatic nitrogens is 4. The number of esters is 1. The van der Waals surface area contributed by atoms with Gasteiger partial charge in [0.15, 0.2) is 16.1 Å². The van der Waals surface area contributed by atoms with Crippen LogP contribution in [0.15, 0.2) is 29.3 Å². The van der Waals surface area contributed by atoms with Gasteiger partial charge < -0.3 is 10.1 Å². The molecule has 0 saturated heterocycles. The summed E-state index contributed by atoms with van der Waals surface area (Å²) in [7, 11) is 0. The number of thiophene rings is 1. The number of nitrogens with one attached hydrogen (secondary N) is 1. The molecule has 3 rings (SSSR count). The molecule has 0 atom stereocenters. The van der Waals surface area contributed by atoms with E-state index in [1.807, 2.05) is 16.9 Å². The second-order valence-corrected chi connectivity index (χ2v) is 9.20. The van der Waals surface area contributed by atoms with Crippen LogP contribution < -0.4 is 5.32 Å². The number of ether oxygens (including phenoxy) is 1. The van der Waals surface area contributed by atoms with Crippen LogP contribution >= 0.6 is 34.4 Å². The van der Waals surface area contributed by atoms with E-state index in [2.05, 4.69) is 33.1 Å². The van der Waals surface area contributed by atoms with Gasteiger partial charge >= 0.3 is 5.97 Å². The average molecular weight is 464 g/mol. The summed E-state index contributed by atoms with van der Waals surface area (Å²) in [6.45, 7) is 10.1. The molecule has 0 aliphatic carbocycles. The van der Waals surface area contributed by atoms with E-state index in [0.29, 0.717) is 27.4 Å². The maximum Gasteiger partial charge on any atom is 0.350 e. The van der Waals surface area contributed by atoms with Crippen LogP contribution in [0.5, 0.6) is 0 Å². The Hall–Kier alpha value is -2.50. The molecule has 0 saturated carbocycles. The fraction of sp³-hybridized carbons (Fsp3) is 0.316. The Bertz CT molecular complexity index is 1070. The highest BCUT2D eigenvalue weighted by atomic mass is 32.2. The molecule has 11 heteroatoms. The quantitative estimate of drug-likeness (QED) is 0.289. The number of hydrogen-bond donors (Lipinski definition) is 1. The minimum Gasteiger partial charge on any atom is -0.462 e. The van der Waals surface area contributed by atoms with E-state index in [1.54, 1.807) is 31.3 Å². The summed E-state index contributed by atoms with van der Waals surface area (Å²) in [4.78, 5) is 30.1. The van der Waals surface area contributed by atoms with Crippen molar-refractivity contribution in [2.45, 2.75) is 32.5 Å². The van der Waals surface area contributed by atoms with E-state index in [9.17, 15) is 9.59 Å². The topological polar surface area (TPSA) is 99.0 Å². The molecule has 0 radical (unpaired) electrons. The Morgan fingerprint density at radius 1 is 1.37 bits per heavy atom. The van der Waals surface area contributed by atoms with Crippen molar-refractivity contribution in [2.75, 3.05) is 17.7 Å². The predicted molar refractivity (Wildman–Crippen MR) is 120 cm³/mol. The molecule has 0 aliphatic heterocycles. The second kappa shape index (κ2) is 10.0.